The van der Waals surface area contributed by atoms with Gasteiger partial charge in [-0.25, -0.2) is 27.2 Å². The second-order valence-electron chi connectivity index (χ2n) is 11.1. The van der Waals surface area contributed by atoms with Crippen molar-refractivity contribution in [2.75, 3.05) is 17.9 Å². The van der Waals surface area contributed by atoms with Gasteiger partial charge in [-0.2, -0.15) is 13.2 Å². The Morgan fingerprint density at radius 2 is 1.82 bits per heavy atom. The minimum Gasteiger partial charge on any atom is -0.542 e. The number of carbonyl (C=O) groups is 1. The summed E-state index contributed by atoms with van der Waals surface area (Å²) in [4.78, 5) is 18.6. The number of carboxylic acid groups (broad SMARTS) is 1. The summed E-state index contributed by atoms with van der Waals surface area (Å²) in [6.45, 7) is 10.4. The smallest absolute Gasteiger partial charge is 0.430 e. The van der Waals surface area contributed by atoms with Crippen molar-refractivity contribution in [1.29, 1.82) is 0 Å². The first-order valence-electron chi connectivity index (χ1n) is 13.3. The number of hydrogen-bond donors (Lipinski definition) is 2. The fourth-order valence-electron chi connectivity index (χ4n) is 4.47. The van der Waals surface area contributed by atoms with Crippen molar-refractivity contribution in [3.8, 4) is 5.88 Å². The summed E-state index contributed by atoms with van der Waals surface area (Å²) < 4.78 is 95.5. The number of rotatable bonds is 8. The molecule has 3 aromatic rings. The van der Waals surface area contributed by atoms with Crippen molar-refractivity contribution in [3.63, 3.8) is 0 Å². The van der Waals surface area contributed by atoms with Gasteiger partial charge in [0, 0.05) is 23.0 Å². The first kappa shape index (κ1) is 34.6. The third-order valence-electron chi connectivity index (χ3n) is 6.75. The van der Waals surface area contributed by atoms with E-state index in [1.807, 2.05) is 33.8 Å². The Bertz CT molecular complexity index is 1560. The van der Waals surface area contributed by atoms with Gasteiger partial charge in [-0.05, 0) is 31.5 Å². The monoisotopic (exact) mass is 649 g/mol. The number of benzene rings is 1. The minimum absolute atomic E-state index is 0.0446. The van der Waals surface area contributed by atoms with Crippen LogP contribution in [-0.4, -0.2) is 55.3 Å². The highest BCUT2D eigenvalue weighted by atomic mass is 32.2. The van der Waals surface area contributed by atoms with E-state index in [1.54, 1.807) is 19.1 Å². The molecule has 0 saturated carbocycles. The van der Waals surface area contributed by atoms with Crippen LogP contribution in [0.2, 0.25) is 0 Å². The maximum Gasteiger partial charge on any atom is 0.430 e. The summed E-state index contributed by atoms with van der Waals surface area (Å²) in [7, 11) is -3.88. The predicted octanol–water partition coefficient (Wildman–Crippen LogP) is 2.52. The Hall–Kier alpha value is -3.86. The zero-order valence-corrected chi connectivity index (χ0v) is 25.3. The van der Waals surface area contributed by atoms with Crippen LogP contribution in [0.4, 0.5) is 27.8 Å². The number of fused-ring (bicyclic) bond motifs is 1. The van der Waals surface area contributed by atoms with Crippen LogP contribution >= 0.6 is 0 Å². The lowest BCUT2D eigenvalue weighted by Gasteiger charge is -2.30. The molecule has 0 spiro atoms. The van der Waals surface area contributed by atoms with E-state index in [9.17, 15) is 30.4 Å². The van der Waals surface area contributed by atoms with Crippen molar-refractivity contribution < 1.29 is 54.4 Å². The molecule has 4 rings (SSSR count). The Balaban J connectivity index is 0.000000676. The van der Waals surface area contributed by atoms with Crippen LogP contribution in [0.5, 0.6) is 5.88 Å². The zero-order chi connectivity index (χ0) is 33.0. The molecule has 0 radical (unpaired) electrons. The van der Waals surface area contributed by atoms with E-state index in [1.165, 1.54) is 17.3 Å². The highest BCUT2D eigenvalue weighted by Gasteiger charge is 2.30. The molecule has 1 aliphatic heterocycles. The number of aromatic nitrogens is 3. The lowest BCUT2D eigenvalue weighted by molar-refractivity contribution is -0.945. The number of carboxylic acids is 1. The first-order valence-corrected chi connectivity index (χ1v) is 14.7. The van der Waals surface area contributed by atoms with E-state index in [4.69, 9.17) is 19.2 Å². The van der Waals surface area contributed by atoms with Gasteiger partial charge in [0.1, 0.15) is 30.0 Å². The van der Waals surface area contributed by atoms with Gasteiger partial charge in [-0.3, -0.25) is 4.72 Å². The average molecular weight is 650 g/mol. The zero-order valence-electron chi connectivity index (χ0n) is 24.5. The lowest BCUT2D eigenvalue weighted by atomic mass is 9.91. The molecule has 44 heavy (non-hydrogen) atoms. The highest BCUT2D eigenvalue weighted by Crippen LogP contribution is 2.31. The summed E-state index contributed by atoms with van der Waals surface area (Å²) in [5.74, 6) is -2.15. The van der Waals surface area contributed by atoms with Gasteiger partial charge in [0.15, 0.2) is 12.4 Å². The highest BCUT2D eigenvalue weighted by molar-refractivity contribution is 7.92. The molecule has 0 amide bonds. The van der Waals surface area contributed by atoms with Gasteiger partial charge in [-0.15, -0.1) is 0 Å². The summed E-state index contributed by atoms with van der Waals surface area (Å²) in [5.41, 5.74) is 3.09. The van der Waals surface area contributed by atoms with Gasteiger partial charge in [0.2, 0.25) is 5.88 Å². The number of alkyl halides is 5. The molecule has 3 heterocycles. The van der Waals surface area contributed by atoms with E-state index < -0.39 is 35.2 Å². The van der Waals surface area contributed by atoms with E-state index >= 15 is 0 Å². The van der Waals surface area contributed by atoms with Crippen LogP contribution < -0.4 is 19.5 Å². The number of anilines is 1. The molecule has 1 aromatic carbocycles. The van der Waals surface area contributed by atoms with Crippen LogP contribution in [0.3, 0.4) is 0 Å². The number of nitrogens with zero attached hydrogens (tertiary/aromatic N) is 3. The molecule has 11 nitrogen and oxygen atoms in total. The SMILES string of the molecule is Cc1c(NS(=O)(=O)c2ccc3c(c2)C[NH+]([C@H](C)c2cnc(OCC(F)F)cn2)CC3)noc1C(C)(C)C.O=C([O-])C(F)(F)F. The number of carbonyl (C=O) groups excluding carboxylic acids is 1. The van der Waals surface area contributed by atoms with Crippen molar-refractivity contribution in [2.45, 2.75) is 76.5 Å². The molecule has 17 heteroatoms. The fraction of sp³-hybridized carbons (Fsp3) is 0.481. The molecule has 0 fully saturated rings. The predicted molar refractivity (Wildman–Crippen MR) is 143 cm³/mol. The molecule has 0 aliphatic carbocycles. The maximum absolute atomic E-state index is 13.2. The van der Waals surface area contributed by atoms with Crippen molar-refractivity contribution in [1.82, 2.24) is 15.1 Å². The van der Waals surface area contributed by atoms with Gasteiger partial charge in [0.05, 0.1) is 23.8 Å². The summed E-state index contributed by atoms with van der Waals surface area (Å²) in [5, 5.41) is 12.7. The quantitative estimate of drug-likeness (QED) is 0.351. The van der Waals surface area contributed by atoms with Crippen LogP contribution in [0.15, 0.2) is 40.0 Å². The molecule has 2 aromatic heterocycles. The minimum atomic E-state index is -5.19. The molecular weight excluding hydrogens is 617 g/mol. The van der Waals surface area contributed by atoms with Gasteiger partial charge >= 0.3 is 6.18 Å². The Kier molecular flexibility index (Phi) is 10.6. The van der Waals surface area contributed by atoms with E-state index in [2.05, 4.69) is 19.8 Å². The molecule has 2 N–H and O–H groups in total. The topological polar surface area (TPSA) is 152 Å². The number of hydrogen-bond acceptors (Lipinski definition) is 9. The van der Waals surface area contributed by atoms with Crippen LogP contribution in [-0.2, 0) is 33.2 Å². The second kappa shape index (κ2) is 13.4. The molecule has 0 saturated heterocycles. The second-order valence-corrected chi connectivity index (χ2v) is 12.8. The summed E-state index contributed by atoms with van der Waals surface area (Å²) in [6, 6.07) is 5.13. The number of sulfonamides is 1. The molecule has 242 valence electrons. The Labute approximate surface area is 250 Å². The summed E-state index contributed by atoms with van der Waals surface area (Å²) in [6.07, 6.45) is -4.12. The number of aliphatic carboxylic acids is 1. The Morgan fingerprint density at radius 3 is 2.34 bits per heavy atom. The van der Waals surface area contributed by atoms with E-state index in [0.29, 0.717) is 23.6 Å². The third kappa shape index (κ3) is 8.84. The van der Waals surface area contributed by atoms with Gasteiger partial charge in [0.25, 0.3) is 16.4 Å². The molecule has 0 bridgehead atoms. The van der Waals surface area contributed by atoms with Crippen molar-refractivity contribution in [2.24, 2.45) is 0 Å². The third-order valence-corrected chi connectivity index (χ3v) is 8.09. The van der Waals surface area contributed by atoms with Gasteiger partial charge in [-0.1, -0.05) is 32.0 Å². The summed E-state index contributed by atoms with van der Waals surface area (Å²) >= 11 is 0. The van der Waals surface area contributed by atoms with Crippen molar-refractivity contribution in [3.05, 3.63) is 58.7 Å². The molecule has 1 unspecified atom stereocenters. The van der Waals surface area contributed by atoms with E-state index in [-0.39, 0.29) is 28.1 Å². The number of halogens is 5. The standard InChI is InChI=1S/C25H31F2N5O4S.C2HF3O2/c1-15-23(25(3,4)5)36-30-24(15)31-37(33,34)19-7-6-17-8-9-32(13-18(17)10-19)16(2)20-11-29-22(12-28-20)35-14-21(26)27;3-2(4,5)1(6)7/h6-7,10-12,16,21H,8-9,13-14H2,1-5H3,(H,30,31);(H,6,7)/t16-;/m1./s1. The van der Waals surface area contributed by atoms with Crippen LogP contribution in [0.25, 0.3) is 0 Å². The number of nitrogens with one attached hydrogen (secondary N) is 2. The van der Waals surface area contributed by atoms with Crippen LogP contribution in [0, 0.1) is 6.92 Å². The normalized spacial score (nSPS) is 16.0. The van der Waals surface area contributed by atoms with E-state index in [0.717, 1.165) is 24.1 Å². The average Bonchev–Trinajstić information content (AvgIpc) is 3.30. The number of ether oxygens (including phenoxy) is 1. The molecule has 2 atom stereocenters. The first-order chi connectivity index (χ1) is 20.3. The molecular formula is C27H32F5N5O6S. The largest absolute Gasteiger partial charge is 0.542 e. The molecule has 1 aliphatic rings. The Morgan fingerprint density at radius 1 is 1.16 bits per heavy atom. The number of quaternary nitrogens is 1. The fourth-order valence-corrected chi connectivity index (χ4v) is 5.58. The maximum atomic E-state index is 13.2. The van der Waals surface area contributed by atoms with Gasteiger partial charge < -0.3 is 24.1 Å². The lowest BCUT2D eigenvalue weighted by Crippen LogP contribution is -3.11. The van der Waals surface area contributed by atoms with Crippen LogP contribution in [0.1, 0.15) is 61.9 Å². The van der Waals surface area contributed by atoms with Crippen molar-refractivity contribution >= 4 is 21.8 Å².